The highest BCUT2D eigenvalue weighted by Crippen LogP contribution is 2.39. The van der Waals surface area contributed by atoms with E-state index in [-0.39, 0.29) is 34.4 Å². The second-order valence-corrected chi connectivity index (χ2v) is 11.6. The average molecular weight is 581 g/mol. The van der Waals surface area contributed by atoms with Gasteiger partial charge in [0.15, 0.2) is 5.69 Å². The van der Waals surface area contributed by atoms with Crippen LogP contribution in [0.5, 0.6) is 0 Å². The molecule has 1 aliphatic rings. The van der Waals surface area contributed by atoms with Crippen molar-refractivity contribution in [2.45, 2.75) is 36.8 Å². The van der Waals surface area contributed by atoms with E-state index in [1.54, 1.807) is 0 Å². The lowest BCUT2D eigenvalue weighted by molar-refractivity contribution is -0.137. The Morgan fingerprint density at radius 2 is 1.92 bits per heavy atom. The summed E-state index contributed by atoms with van der Waals surface area (Å²) >= 11 is 1.02. The summed E-state index contributed by atoms with van der Waals surface area (Å²) in [4.78, 5) is 14.9. The molecular formula is C25H20F4N4O4S2. The van der Waals surface area contributed by atoms with Crippen molar-refractivity contribution in [3.05, 3.63) is 81.7 Å². The van der Waals surface area contributed by atoms with Gasteiger partial charge in [0, 0.05) is 22.9 Å². The van der Waals surface area contributed by atoms with E-state index in [0.29, 0.717) is 23.2 Å². The predicted molar refractivity (Wildman–Crippen MR) is 134 cm³/mol. The number of alkyl halides is 3. The van der Waals surface area contributed by atoms with Gasteiger partial charge in [0.2, 0.25) is 15.2 Å². The van der Waals surface area contributed by atoms with Gasteiger partial charge in [-0.15, -0.1) is 11.3 Å². The first-order valence-electron chi connectivity index (χ1n) is 11.6. The Kier molecular flexibility index (Phi) is 6.81. The molecule has 14 heteroatoms. The fraction of sp³-hybridized carbons (Fsp3) is 0.240. The third kappa shape index (κ3) is 5.72. The fourth-order valence-electron chi connectivity index (χ4n) is 4.26. The molecule has 0 spiro atoms. The van der Waals surface area contributed by atoms with Crippen LogP contribution in [-0.4, -0.2) is 34.3 Å². The van der Waals surface area contributed by atoms with Crippen molar-refractivity contribution >= 4 is 27.3 Å². The van der Waals surface area contributed by atoms with Crippen molar-refractivity contribution in [3.8, 4) is 16.4 Å². The van der Waals surface area contributed by atoms with Gasteiger partial charge in [0.05, 0.1) is 17.0 Å². The van der Waals surface area contributed by atoms with Crippen LogP contribution in [0.1, 0.15) is 45.7 Å². The van der Waals surface area contributed by atoms with Gasteiger partial charge in [0.25, 0.3) is 0 Å². The summed E-state index contributed by atoms with van der Waals surface area (Å²) in [6.07, 6.45) is -2.25. The molecule has 3 N–H and O–H groups in total. The first kappa shape index (κ1) is 27.0. The minimum atomic E-state index is -4.60. The number of benzene rings is 2. The topological polar surface area (TPSA) is 128 Å². The van der Waals surface area contributed by atoms with E-state index in [1.165, 1.54) is 28.3 Å². The van der Waals surface area contributed by atoms with E-state index >= 15 is 0 Å². The van der Waals surface area contributed by atoms with Crippen LogP contribution in [-0.2, 0) is 29.0 Å². The number of nitrogens with two attached hydrogens (primary N) is 1. The Balaban J connectivity index is 1.70. The molecular weight excluding hydrogens is 560 g/mol. The summed E-state index contributed by atoms with van der Waals surface area (Å²) in [6, 6.07) is 8.06. The Hall–Kier alpha value is -3.62. The molecule has 0 radical (unpaired) electrons. The molecule has 0 atom stereocenters. The van der Waals surface area contributed by atoms with Crippen LogP contribution >= 0.6 is 11.3 Å². The fourth-order valence-corrected chi connectivity index (χ4v) is 5.62. The quantitative estimate of drug-likeness (QED) is 0.281. The first-order valence-corrected chi connectivity index (χ1v) is 14.0. The molecule has 204 valence electrons. The molecule has 39 heavy (non-hydrogen) atoms. The SMILES string of the molecule is NS(=O)(=O)c1ccc(Cc2c(-c3cccc(C(F)(F)F)c3)nn(-c3nc(C(=O)O)cs3)c2CC2CC2)cc1F. The molecule has 2 heterocycles. The number of carboxylic acids is 1. The van der Waals surface area contributed by atoms with Gasteiger partial charge in [-0.05, 0) is 55.0 Å². The molecule has 0 saturated heterocycles. The van der Waals surface area contributed by atoms with Gasteiger partial charge < -0.3 is 5.11 Å². The number of hydrogen-bond acceptors (Lipinski definition) is 6. The normalized spacial score (nSPS) is 14.1. The number of primary sulfonamides is 1. The summed E-state index contributed by atoms with van der Waals surface area (Å²) < 4.78 is 80.0. The molecule has 2 aromatic carbocycles. The van der Waals surface area contributed by atoms with Gasteiger partial charge in [0.1, 0.15) is 10.7 Å². The largest absolute Gasteiger partial charge is 0.476 e. The number of carboxylic acid groups (broad SMARTS) is 1. The van der Waals surface area contributed by atoms with Gasteiger partial charge in [-0.1, -0.05) is 18.2 Å². The van der Waals surface area contributed by atoms with Crippen molar-refractivity contribution < 1.29 is 35.9 Å². The number of nitrogens with zero attached hydrogens (tertiary/aromatic N) is 3. The summed E-state index contributed by atoms with van der Waals surface area (Å²) in [5.74, 6) is -2.01. The van der Waals surface area contributed by atoms with Crippen LogP contribution in [0.3, 0.4) is 0 Å². The number of aromatic carboxylic acids is 1. The van der Waals surface area contributed by atoms with Crippen LogP contribution in [0.4, 0.5) is 17.6 Å². The van der Waals surface area contributed by atoms with E-state index in [2.05, 4.69) is 10.1 Å². The summed E-state index contributed by atoms with van der Waals surface area (Å²) in [7, 11) is -4.30. The van der Waals surface area contributed by atoms with Crippen molar-refractivity contribution in [2.75, 3.05) is 0 Å². The van der Waals surface area contributed by atoms with Crippen molar-refractivity contribution in [2.24, 2.45) is 11.1 Å². The summed E-state index contributed by atoms with van der Waals surface area (Å²) in [5.41, 5.74) is 0.714. The highest BCUT2D eigenvalue weighted by molar-refractivity contribution is 7.89. The number of halogens is 4. The second-order valence-electron chi connectivity index (χ2n) is 9.22. The molecule has 8 nitrogen and oxygen atoms in total. The lowest BCUT2D eigenvalue weighted by atomic mass is 9.96. The van der Waals surface area contributed by atoms with Gasteiger partial charge in [-0.3, -0.25) is 0 Å². The van der Waals surface area contributed by atoms with Crippen LogP contribution in [0.15, 0.2) is 52.7 Å². The Bertz CT molecular complexity index is 1690. The van der Waals surface area contributed by atoms with Crippen LogP contribution in [0, 0.1) is 11.7 Å². The number of thiazole rings is 1. The second kappa shape index (κ2) is 9.84. The van der Waals surface area contributed by atoms with E-state index in [4.69, 9.17) is 5.14 Å². The van der Waals surface area contributed by atoms with E-state index in [1.807, 2.05) is 0 Å². The van der Waals surface area contributed by atoms with E-state index in [9.17, 15) is 35.9 Å². The average Bonchev–Trinajstić information content (AvgIpc) is 3.40. The number of hydrogen-bond donors (Lipinski definition) is 2. The molecule has 0 bridgehead atoms. The van der Waals surface area contributed by atoms with Crippen molar-refractivity contribution in [1.82, 2.24) is 14.8 Å². The molecule has 5 rings (SSSR count). The zero-order valence-corrected chi connectivity index (χ0v) is 21.6. The van der Waals surface area contributed by atoms with Crippen LogP contribution < -0.4 is 5.14 Å². The maximum atomic E-state index is 14.7. The Morgan fingerprint density at radius 3 is 2.51 bits per heavy atom. The predicted octanol–water partition coefficient (Wildman–Crippen LogP) is 5.04. The number of sulfonamides is 1. The smallest absolute Gasteiger partial charge is 0.416 e. The standard InChI is InChI=1S/C25H20F4N4O4S2/c26-18-9-14(6-7-21(18)39(30,36)37)8-17-20(10-13-4-5-13)33(24-31-19(12-38-24)23(34)35)32-22(17)15-2-1-3-16(11-15)25(27,28)29/h1-3,6-7,9,11-13H,4-5,8,10H2,(H,34,35)(H2,30,36,37). The van der Waals surface area contributed by atoms with Gasteiger partial charge >= 0.3 is 12.1 Å². The lowest BCUT2D eigenvalue weighted by Gasteiger charge is -2.11. The first-order chi connectivity index (χ1) is 18.3. The monoisotopic (exact) mass is 580 g/mol. The van der Waals surface area contributed by atoms with E-state index < -0.39 is 38.4 Å². The van der Waals surface area contributed by atoms with Gasteiger partial charge in [-0.2, -0.15) is 18.3 Å². The molecule has 2 aromatic heterocycles. The maximum absolute atomic E-state index is 14.7. The van der Waals surface area contributed by atoms with Crippen molar-refractivity contribution in [3.63, 3.8) is 0 Å². The third-order valence-electron chi connectivity index (χ3n) is 6.31. The highest BCUT2D eigenvalue weighted by atomic mass is 32.2. The number of aromatic nitrogens is 3. The maximum Gasteiger partial charge on any atom is 0.416 e. The summed E-state index contributed by atoms with van der Waals surface area (Å²) in [5, 5.41) is 20.6. The molecule has 4 aromatic rings. The van der Waals surface area contributed by atoms with Crippen LogP contribution in [0.2, 0.25) is 0 Å². The number of carbonyl (C=O) groups is 1. The molecule has 0 aliphatic heterocycles. The summed E-state index contributed by atoms with van der Waals surface area (Å²) in [6.45, 7) is 0. The zero-order chi connectivity index (χ0) is 28.1. The van der Waals surface area contributed by atoms with Crippen LogP contribution in [0.25, 0.3) is 16.4 Å². The van der Waals surface area contributed by atoms with Gasteiger partial charge in [-0.25, -0.2) is 32.4 Å². The van der Waals surface area contributed by atoms with E-state index in [0.717, 1.165) is 48.4 Å². The Morgan fingerprint density at radius 1 is 1.18 bits per heavy atom. The zero-order valence-electron chi connectivity index (χ0n) is 19.9. The molecule has 1 aliphatic carbocycles. The number of rotatable bonds is 8. The van der Waals surface area contributed by atoms with Crippen molar-refractivity contribution in [1.29, 1.82) is 0 Å². The minimum absolute atomic E-state index is 0.00656. The molecule has 1 fully saturated rings. The lowest BCUT2D eigenvalue weighted by Crippen LogP contribution is -2.14. The molecule has 0 amide bonds. The molecule has 0 unspecified atom stereocenters. The minimum Gasteiger partial charge on any atom is -0.476 e. The molecule has 1 saturated carbocycles. The Labute approximate surface area is 223 Å². The third-order valence-corrected chi connectivity index (χ3v) is 8.07. The highest BCUT2D eigenvalue weighted by Gasteiger charge is 2.33.